The fourth-order valence-corrected chi connectivity index (χ4v) is 3.47. The van der Waals surface area contributed by atoms with Gasteiger partial charge in [-0.1, -0.05) is 11.6 Å². The van der Waals surface area contributed by atoms with Gasteiger partial charge in [0.1, 0.15) is 17.3 Å². The second-order valence-corrected chi connectivity index (χ2v) is 6.99. The number of carbonyl (C=O) groups is 2. The maximum absolute atomic E-state index is 12.5. The van der Waals surface area contributed by atoms with E-state index < -0.39 is 0 Å². The molecule has 2 aromatic heterocycles. The van der Waals surface area contributed by atoms with Gasteiger partial charge in [0, 0.05) is 16.7 Å². The van der Waals surface area contributed by atoms with Crippen LogP contribution in [0.1, 0.15) is 11.5 Å². The minimum Gasteiger partial charge on any atom is -0.467 e. The fourth-order valence-electron chi connectivity index (χ4n) is 2.52. The second kappa shape index (κ2) is 6.90. The van der Waals surface area contributed by atoms with Gasteiger partial charge in [-0.2, -0.15) is 0 Å². The first kappa shape index (κ1) is 16.8. The van der Waals surface area contributed by atoms with Crippen LogP contribution in [0.4, 0.5) is 4.79 Å². The minimum atomic E-state index is -0.360. The first-order chi connectivity index (χ1) is 12.6. The molecule has 1 aliphatic heterocycles. The number of imide groups is 1. The molecule has 1 aromatic carbocycles. The molecule has 3 heterocycles. The molecule has 130 valence electrons. The zero-order valence-electron chi connectivity index (χ0n) is 13.3. The third-order valence-corrected chi connectivity index (χ3v) is 4.96. The van der Waals surface area contributed by atoms with Crippen LogP contribution >= 0.6 is 23.4 Å². The number of amides is 2. The Labute approximate surface area is 158 Å². The summed E-state index contributed by atoms with van der Waals surface area (Å²) in [5.41, 5.74) is 0.875. The normalized spacial score (nSPS) is 16.0. The highest BCUT2D eigenvalue weighted by Gasteiger charge is 2.35. The molecule has 1 fully saturated rings. The zero-order chi connectivity index (χ0) is 18.1. The van der Waals surface area contributed by atoms with Crippen LogP contribution in [0.2, 0.25) is 5.02 Å². The highest BCUT2D eigenvalue weighted by atomic mass is 35.5. The Hall–Kier alpha value is -2.70. The Bertz CT molecular complexity index is 989. The quantitative estimate of drug-likeness (QED) is 0.560. The lowest BCUT2D eigenvalue weighted by Crippen LogP contribution is -2.27. The average molecular weight is 386 g/mol. The lowest BCUT2D eigenvalue weighted by molar-refractivity contribution is -0.123. The molecule has 2 amide bonds. The van der Waals surface area contributed by atoms with E-state index in [0.717, 1.165) is 22.2 Å². The van der Waals surface area contributed by atoms with Crippen molar-refractivity contribution in [2.24, 2.45) is 0 Å². The van der Waals surface area contributed by atoms with Gasteiger partial charge < -0.3 is 8.83 Å². The summed E-state index contributed by atoms with van der Waals surface area (Å²) in [6.45, 7) is 0.114. The number of thioether (sulfide) groups is 1. The number of rotatable bonds is 4. The van der Waals surface area contributed by atoms with E-state index >= 15 is 0 Å². The van der Waals surface area contributed by atoms with Gasteiger partial charge in [-0.15, -0.1) is 0 Å². The van der Waals surface area contributed by atoms with Gasteiger partial charge in [0.05, 0.1) is 17.7 Å². The molecule has 0 atom stereocenters. The molecular formula is C19H12ClNO4S. The molecule has 1 aliphatic rings. The predicted octanol–water partition coefficient (Wildman–Crippen LogP) is 5.43. The van der Waals surface area contributed by atoms with Crippen molar-refractivity contribution in [2.45, 2.75) is 6.54 Å². The van der Waals surface area contributed by atoms with Crippen LogP contribution in [-0.4, -0.2) is 16.0 Å². The maximum Gasteiger partial charge on any atom is 0.293 e. The van der Waals surface area contributed by atoms with Gasteiger partial charge in [-0.3, -0.25) is 14.5 Å². The molecule has 7 heteroatoms. The Balaban J connectivity index is 1.54. The summed E-state index contributed by atoms with van der Waals surface area (Å²) in [4.78, 5) is 26.1. The average Bonchev–Trinajstić information content (AvgIpc) is 3.35. The molecule has 0 aliphatic carbocycles. The first-order valence-electron chi connectivity index (χ1n) is 7.74. The van der Waals surface area contributed by atoms with Crippen LogP contribution in [0.15, 0.2) is 68.5 Å². The summed E-state index contributed by atoms with van der Waals surface area (Å²) >= 11 is 6.77. The zero-order valence-corrected chi connectivity index (χ0v) is 14.9. The standard InChI is InChI=1S/C19H12ClNO4S/c20-13-5-3-12(4-6-13)16-8-7-14(25-16)10-17-18(22)21(19(23)26-17)11-15-2-1-9-24-15/h1-10H,11H2. The summed E-state index contributed by atoms with van der Waals surface area (Å²) < 4.78 is 11.0. The number of hydrogen-bond donors (Lipinski definition) is 0. The van der Waals surface area contributed by atoms with Crippen LogP contribution in [0.5, 0.6) is 0 Å². The number of hydrogen-bond acceptors (Lipinski definition) is 5. The van der Waals surface area contributed by atoms with Crippen molar-refractivity contribution in [3.63, 3.8) is 0 Å². The molecule has 0 radical (unpaired) electrons. The smallest absolute Gasteiger partial charge is 0.293 e. The van der Waals surface area contributed by atoms with Gasteiger partial charge in [-0.05, 0) is 60.3 Å². The van der Waals surface area contributed by atoms with E-state index in [4.69, 9.17) is 20.4 Å². The van der Waals surface area contributed by atoms with Crippen LogP contribution in [0.25, 0.3) is 17.4 Å². The predicted molar refractivity (Wildman–Crippen MR) is 99.4 cm³/mol. The number of halogens is 1. The van der Waals surface area contributed by atoms with Crippen LogP contribution in [0, 0.1) is 0 Å². The monoisotopic (exact) mass is 385 g/mol. The highest BCUT2D eigenvalue weighted by Crippen LogP contribution is 2.34. The SMILES string of the molecule is O=C1SC(=Cc2ccc(-c3ccc(Cl)cc3)o2)C(=O)N1Cc1ccco1. The molecule has 0 unspecified atom stereocenters. The van der Waals surface area contributed by atoms with Crippen molar-refractivity contribution in [1.82, 2.24) is 4.90 Å². The fraction of sp³-hybridized carbons (Fsp3) is 0.0526. The van der Waals surface area contributed by atoms with Crippen LogP contribution in [0.3, 0.4) is 0 Å². The van der Waals surface area contributed by atoms with Gasteiger partial charge >= 0.3 is 0 Å². The Morgan fingerprint density at radius 2 is 1.88 bits per heavy atom. The van der Waals surface area contributed by atoms with E-state index in [0.29, 0.717) is 27.2 Å². The van der Waals surface area contributed by atoms with Crippen LogP contribution < -0.4 is 0 Å². The van der Waals surface area contributed by atoms with Crippen molar-refractivity contribution in [2.75, 3.05) is 0 Å². The van der Waals surface area contributed by atoms with Gasteiger partial charge in [0.2, 0.25) is 0 Å². The number of benzene rings is 1. The van der Waals surface area contributed by atoms with Gasteiger partial charge in [0.25, 0.3) is 11.1 Å². The number of nitrogens with zero attached hydrogens (tertiary/aromatic N) is 1. The summed E-state index contributed by atoms with van der Waals surface area (Å²) in [6.07, 6.45) is 3.08. The van der Waals surface area contributed by atoms with E-state index in [1.807, 2.05) is 18.2 Å². The van der Waals surface area contributed by atoms with E-state index in [1.165, 1.54) is 6.26 Å². The lowest BCUT2D eigenvalue weighted by Gasteiger charge is -2.09. The van der Waals surface area contributed by atoms with Crippen molar-refractivity contribution in [1.29, 1.82) is 0 Å². The van der Waals surface area contributed by atoms with Gasteiger partial charge in [0.15, 0.2) is 0 Å². The lowest BCUT2D eigenvalue weighted by atomic mass is 10.2. The molecule has 0 spiro atoms. The van der Waals surface area contributed by atoms with Crippen LogP contribution in [-0.2, 0) is 11.3 Å². The molecule has 0 bridgehead atoms. The van der Waals surface area contributed by atoms with Crippen molar-refractivity contribution in [3.8, 4) is 11.3 Å². The van der Waals surface area contributed by atoms with E-state index in [1.54, 1.807) is 36.4 Å². The van der Waals surface area contributed by atoms with E-state index in [2.05, 4.69) is 0 Å². The van der Waals surface area contributed by atoms with E-state index in [9.17, 15) is 9.59 Å². The molecule has 1 saturated heterocycles. The summed E-state index contributed by atoms with van der Waals surface area (Å²) in [5, 5.41) is 0.313. The van der Waals surface area contributed by atoms with Crippen molar-refractivity contribution in [3.05, 3.63) is 76.2 Å². The molecule has 3 aromatic rings. The largest absolute Gasteiger partial charge is 0.467 e. The Morgan fingerprint density at radius 1 is 1.08 bits per heavy atom. The maximum atomic E-state index is 12.5. The highest BCUT2D eigenvalue weighted by molar-refractivity contribution is 8.18. The third kappa shape index (κ3) is 3.34. The van der Waals surface area contributed by atoms with Gasteiger partial charge in [-0.25, -0.2) is 0 Å². The van der Waals surface area contributed by atoms with E-state index in [-0.39, 0.29) is 17.7 Å². The topological polar surface area (TPSA) is 63.7 Å². The molecule has 5 nitrogen and oxygen atoms in total. The summed E-state index contributed by atoms with van der Waals surface area (Å²) in [6, 6.07) is 14.2. The molecule has 0 saturated carbocycles. The number of carbonyl (C=O) groups excluding carboxylic acids is 2. The second-order valence-electron chi connectivity index (χ2n) is 5.56. The molecular weight excluding hydrogens is 374 g/mol. The van der Waals surface area contributed by atoms with Crippen molar-refractivity contribution >= 4 is 40.6 Å². The third-order valence-electron chi connectivity index (χ3n) is 3.80. The number of furan rings is 2. The van der Waals surface area contributed by atoms with Crippen molar-refractivity contribution < 1.29 is 18.4 Å². The Kier molecular flexibility index (Phi) is 4.44. The Morgan fingerprint density at radius 3 is 2.62 bits per heavy atom. The molecule has 4 rings (SSSR count). The first-order valence-corrected chi connectivity index (χ1v) is 8.93. The minimum absolute atomic E-state index is 0.114. The molecule has 0 N–H and O–H groups in total. The summed E-state index contributed by atoms with van der Waals surface area (Å²) in [7, 11) is 0. The molecule has 26 heavy (non-hydrogen) atoms. The summed E-state index contributed by atoms with van der Waals surface area (Å²) in [5.74, 6) is 1.35.